The Hall–Kier alpha value is 0.960. The van der Waals surface area contributed by atoms with Crippen LogP contribution in [0.1, 0.15) is 14.7 Å². The van der Waals surface area contributed by atoms with E-state index in [1.807, 2.05) is 6.92 Å². The topological polar surface area (TPSA) is 0 Å². The second-order valence-electron chi connectivity index (χ2n) is 0.692. The van der Waals surface area contributed by atoms with E-state index in [4.69, 9.17) is 1.37 Å². The minimum absolute atomic E-state index is 0.583. The van der Waals surface area contributed by atoms with E-state index in [1.165, 1.54) is 0 Å². The highest BCUT2D eigenvalue weighted by molar-refractivity contribution is 9.24. The van der Waals surface area contributed by atoms with Gasteiger partial charge in [-0.2, -0.15) is 0 Å². The van der Waals surface area contributed by atoms with Crippen LogP contribution in [-0.4, -0.2) is 3.71 Å². The molecule has 0 rings (SSSR count). The summed E-state index contributed by atoms with van der Waals surface area (Å²) in [6, 6.07) is 0. The number of rotatable bonds is 1. The van der Waals surface area contributed by atoms with E-state index in [-0.39, 0.29) is 0 Å². The van der Waals surface area contributed by atoms with Crippen LogP contribution in [0.2, 0.25) is 0 Å². The van der Waals surface area contributed by atoms with Crippen molar-refractivity contribution in [2.24, 2.45) is 0 Å². The molecule has 0 fully saturated rings. The summed E-state index contributed by atoms with van der Waals surface area (Å²) in [5.41, 5.74) is 0. The van der Waals surface area contributed by atoms with Crippen LogP contribution in [0, 0.1) is 0 Å². The molecular weight excluding hydrogens is 196 g/mol. The Balaban J connectivity index is 3.17. The molecule has 0 unspecified atom stereocenters. The van der Waals surface area contributed by atoms with Crippen LogP contribution in [0.15, 0.2) is 0 Å². The molecule has 0 aliphatic rings. The lowest BCUT2D eigenvalue weighted by Crippen LogP contribution is -1.73. The van der Waals surface area contributed by atoms with Gasteiger partial charge in [0.1, 0.15) is 0 Å². The minimum atomic E-state index is -0.583. The van der Waals surface area contributed by atoms with Gasteiger partial charge in [-0.15, -0.1) is 0 Å². The lowest BCUT2D eigenvalue weighted by Gasteiger charge is -1.85. The maximum Gasteiger partial charge on any atom is 0.0695 e. The highest BCUT2D eigenvalue weighted by Gasteiger charge is 1.85. The van der Waals surface area contributed by atoms with Crippen LogP contribution in [-0.2, 0) is 0 Å². The molecular formula is C3H6Br2. The van der Waals surface area contributed by atoms with E-state index in [2.05, 4.69) is 31.9 Å². The molecule has 0 saturated heterocycles. The maximum absolute atomic E-state index is 7.01. The van der Waals surface area contributed by atoms with E-state index in [0.29, 0.717) is 0 Å². The van der Waals surface area contributed by atoms with Crippen LogP contribution in [0.5, 0.6) is 0 Å². The average molecular weight is 203 g/mol. The predicted molar refractivity (Wildman–Crippen MR) is 31.9 cm³/mol. The Kier molecular flexibility index (Phi) is 2.61. The molecule has 0 bridgehead atoms. The van der Waals surface area contributed by atoms with Gasteiger partial charge in [0, 0.05) is 0 Å². The Labute approximate surface area is 50.6 Å². The van der Waals surface area contributed by atoms with E-state index in [9.17, 15) is 0 Å². The number of hydrogen-bond donors (Lipinski definition) is 0. The van der Waals surface area contributed by atoms with Crippen LogP contribution in [0.4, 0.5) is 0 Å². The number of hydrogen-bond acceptors (Lipinski definition) is 0. The Bertz CT molecular complexity index is 38.5. The van der Waals surface area contributed by atoms with Crippen LogP contribution >= 0.6 is 31.9 Å². The second-order valence-corrected chi connectivity index (χ2v) is 3.67. The summed E-state index contributed by atoms with van der Waals surface area (Å²) in [5.74, 6) is 0. The zero-order chi connectivity index (χ0) is 5.21. The van der Waals surface area contributed by atoms with Crippen LogP contribution in [0.3, 0.4) is 0 Å². The highest BCUT2D eigenvalue weighted by atomic mass is 79.9. The quantitative estimate of drug-likeness (QED) is 0.574. The molecule has 0 saturated carbocycles. The highest BCUT2D eigenvalue weighted by Crippen LogP contribution is 2.10. The normalized spacial score (nSPS) is 14.6. The smallest absolute Gasteiger partial charge is 0.0695 e. The Morgan fingerprint density at radius 3 is 2.20 bits per heavy atom. The molecule has 0 aromatic rings. The molecule has 0 N–H and O–H groups in total. The molecule has 0 radical (unpaired) electrons. The summed E-state index contributed by atoms with van der Waals surface area (Å²) in [5, 5.41) is 0. The van der Waals surface area contributed by atoms with E-state index < -0.39 is 3.71 Å². The largest absolute Gasteiger partial charge is 0.0765 e. The van der Waals surface area contributed by atoms with Gasteiger partial charge in [-0.3, -0.25) is 0 Å². The molecule has 0 nitrogen and oxygen atoms in total. The third-order valence-corrected chi connectivity index (χ3v) is 1.39. The summed E-state index contributed by atoms with van der Waals surface area (Å²) >= 11 is 6.12. The first-order valence-electron chi connectivity index (χ1n) is 1.94. The lowest BCUT2D eigenvalue weighted by atomic mass is 10.6. The van der Waals surface area contributed by atoms with E-state index in [1.54, 1.807) is 0 Å². The van der Waals surface area contributed by atoms with Gasteiger partial charge >= 0.3 is 0 Å². The van der Waals surface area contributed by atoms with E-state index >= 15 is 0 Å². The third-order valence-electron chi connectivity index (χ3n) is 0.267. The minimum Gasteiger partial charge on any atom is -0.0765 e. The van der Waals surface area contributed by atoms with Crippen molar-refractivity contribution in [3.8, 4) is 0 Å². The van der Waals surface area contributed by atoms with Crippen LogP contribution in [0.25, 0.3) is 0 Å². The first-order chi connectivity index (χ1) is 2.56. The summed E-state index contributed by atoms with van der Waals surface area (Å²) in [6.45, 7) is 1.93. The van der Waals surface area contributed by atoms with Crippen molar-refractivity contribution >= 4 is 31.9 Å². The fraction of sp³-hybridized carbons (Fsp3) is 1.00. The second kappa shape index (κ2) is 3.16. The fourth-order valence-corrected chi connectivity index (χ4v) is 0. The van der Waals surface area contributed by atoms with Gasteiger partial charge in [0.15, 0.2) is 0 Å². The van der Waals surface area contributed by atoms with Gasteiger partial charge in [-0.1, -0.05) is 38.8 Å². The van der Waals surface area contributed by atoms with Crippen molar-refractivity contribution in [1.29, 1.82) is 0 Å². The number of alkyl halides is 2. The average Bonchev–Trinajstić information content (AvgIpc) is 1.35. The molecule has 5 heavy (non-hydrogen) atoms. The monoisotopic (exact) mass is 201 g/mol. The Morgan fingerprint density at radius 2 is 2.20 bits per heavy atom. The zero-order valence-corrected chi connectivity index (χ0v) is 6.14. The fourth-order valence-electron chi connectivity index (χ4n) is 0. The van der Waals surface area contributed by atoms with Gasteiger partial charge in [-0.05, 0) is 6.42 Å². The third kappa shape index (κ3) is 4.96. The van der Waals surface area contributed by atoms with Crippen molar-refractivity contribution in [3.63, 3.8) is 0 Å². The SMILES string of the molecule is [2H]C(Br)(Br)CC. The molecule has 0 aliphatic heterocycles. The van der Waals surface area contributed by atoms with E-state index in [0.717, 1.165) is 6.42 Å². The molecule has 0 spiro atoms. The van der Waals surface area contributed by atoms with Crippen molar-refractivity contribution in [2.45, 2.75) is 17.1 Å². The van der Waals surface area contributed by atoms with Crippen molar-refractivity contribution < 1.29 is 1.37 Å². The molecule has 0 heterocycles. The summed E-state index contributed by atoms with van der Waals surface area (Å²) in [7, 11) is 0. The first-order valence-corrected chi connectivity index (χ1v) is 3.02. The summed E-state index contributed by atoms with van der Waals surface area (Å²) in [6.07, 6.45) is 0.771. The van der Waals surface area contributed by atoms with Gasteiger partial charge in [0.25, 0.3) is 0 Å². The predicted octanol–water partition coefficient (Wildman–Crippen LogP) is 2.51. The molecule has 0 aromatic heterocycles. The Morgan fingerprint density at radius 1 is 2.00 bits per heavy atom. The number of halogens is 2. The van der Waals surface area contributed by atoms with Crippen molar-refractivity contribution in [1.82, 2.24) is 0 Å². The van der Waals surface area contributed by atoms with Gasteiger partial charge in [-0.25, -0.2) is 0 Å². The summed E-state index contributed by atoms with van der Waals surface area (Å²) in [4.78, 5) is 0. The van der Waals surface area contributed by atoms with Crippen LogP contribution < -0.4 is 0 Å². The molecule has 32 valence electrons. The first kappa shape index (κ1) is 4.13. The summed E-state index contributed by atoms with van der Waals surface area (Å²) < 4.78 is 6.43. The molecule has 0 atom stereocenters. The van der Waals surface area contributed by atoms with Gasteiger partial charge in [0.05, 0.1) is 5.08 Å². The maximum atomic E-state index is 7.01. The lowest BCUT2D eigenvalue weighted by molar-refractivity contribution is 1.08. The molecule has 0 aliphatic carbocycles. The van der Waals surface area contributed by atoms with Gasteiger partial charge < -0.3 is 0 Å². The van der Waals surface area contributed by atoms with Crippen molar-refractivity contribution in [2.75, 3.05) is 0 Å². The van der Waals surface area contributed by atoms with Crippen molar-refractivity contribution in [3.05, 3.63) is 0 Å². The van der Waals surface area contributed by atoms with Gasteiger partial charge in [0.2, 0.25) is 0 Å². The molecule has 0 amide bonds. The zero-order valence-electron chi connectivity index (χ0n) is 3.96. The molecule has 0 aromatic carbocycles. The molecule has 2 heteroatoms. The standard InChI is InChI=1S/C3H6Br2/c1-2-3(4)5/h3H,2H2,1H3/i3D.